The lowest BCUT2D eigenvalue weighted by Crippen LogP contribution is -2.21. The van der Waals surface area contributed by atoms with Gasteiger partial charge in [0.15, 0.2) is 0 Å². The van der Waals surface area contributed by atoms with Crippen molar-refractivity contribution >= 4 is 29.2 Å². The highest BCUT2D eigenvalue weighted by molar-refractivity contribution is 7.99. The van der Waals surface area contributed by atoms with Gasteiger partial charge in [0.1, 0.15) is 17.2 Å². The number of pyridine rings is 1. The lowest BCUT2D eigenvalue weighted by Gasteiger charge is -2.10. The van der Waals surface area contributed by atoms with Crippen molar-refractivity contribution in [1.29, 1.82) is 0 Å². The van der Waals surface area contributed by atoms with E-state index in [1.165, 1.54) is 47.5 Å². The fourth-order valence-electron chi connectivity index (χ4n) is 3.75. The Morgan fingerprint density at radius 2 is 1.76 bits per heavy atom. The zero-order chi connectivity index (χ0) is 27.5. The molecule has 0 aliphatic carbocycles. The Balaban J connectivity index is 0.000000505. The molecule has 0 unspecified atom stereocenters. The Bertz CT molecular complexity index is 1320. The van der Waals surface area contributed by atoms with Crippen molar-refractivity contribution in [3.05, 3.63) is 84.1 Å². The molecular formula is C29H32F3N3O2S. The number of imidazole rings is 1. The van der Waals surface area contributed by atoms with Crippen LogP contribution in [0.2, 0.25) is 0 Å². The fraction of sp³-hybridized carbons (Fsp3) is 0.310. The average Bonchev–Trinajstić information content (AvgIpc) is 3.25. The number of nitrogens with one attached hydrogen (secondary N) is 1. The molecule has 4 aromatic rings. The van der Waals surface area contributed by atoms with Crippen LogP contribution in [0.25, 0.3) is 16.9 Å². The van der Waals surface area contributed by atoms with E-state index in [1.54, 1.807) is 0 Å². The standard InChI is InChI=1S/C27H31N3S.C2HF3O2/c1-3-4-5-9-17-31-24-14-10-13-23(18-24)26-27(28-19-22-11-7-6-8-12-22)30-20-21(2)15-16-25(30)29-26;3-2(4,5)1(6)7/h6-8,10-16,18,20,28H,3-5,9,17,19H2,1-2H3;(H,6,7). The summed E-state index contributed by atoms with van der Waals surface area (Å²) >= 11 is 1.95. The number of aliphatic carboxylic acids is 1. The van der Waals surface area contributed by atoms with Crippen molar-refractivity contribution in [2.24, 2.45) is 0 Å². The predicted octanol–water partition coefficient (Wildman–Crippen LogP) is 8.23. The van der Waals surface area contributed by atoms with Crippen molar-refractivity contribution < 1.29 is 23.1 Å². The lowest BCUT2D eigenvalue weighted by atomic mass is 10.1. The number of anilines is 1. The molecule has 2 N–H and O–H groups in total. The minimum Gasteiger partial charge on any atom is -0.475 e. The highest BCUT2D eigenvalue weighted by Gasteiger charge is 2.38. The molecule has 202 valence electrons. The number of aromatic nitrogens is 2. The van der Waals surface area contributed by atoms with Gasteiger partial charge in [0, 0.05) is 23.2 Å². The van der Waals surface area contributed by atoms with E-state index in [2.05, 4.69) is 96.5 Å². The van der Waals surface area contributed by atoms with E-state index in [-0.39, 0.29) is 0 Å². The molecule has 4 rings (SSSR count). The molecule has 2 aromatic heterocycles. The van der Waals surface area contributed by atoms with Crippen molar-refractivity contribution in [3.8, 4) is 11.3 Å². The zero-order valence-corrected chi connectivity index (χ0v) is 22.3. The maximum absolute atomic E-state index is 10.6. The molecule has 0 atom stereocenters. The second-order valence-corrected chi connectivity index (χ2v) is 9.99. The SMILES string of the molecule is CCCCCCSc1cccc(-c2nc3ccc(C)cn3c2NCc2ccccc2)c1.O=C(O)C(F)(F)F. The van der Waals surface area contributed by atoms with Crippen LogP contribution in [0.4, 0.5) is 19.0 Å². The molecular weight excluding hydrogens is 511 g/mol. The molecule has 0 fully saturated rings. The van der Waals surface area contributed by atoms with Gasteiger partial charge in [-0.25, -0.2) is 9.78 Å². The number of carboxylic acids is 1. The van der Waals surface area contributed by atoms with E-state index >= 15 is 0 Å². The largest absolute Gasteiger partial charge is 0.490 e. The molecule has 0 bridgehead atoms. The molecule has 5 nitrogen and oxygen atoms in total. The number of aryl methyl sites for hydroxylation is 1. The Morgan fingerprint density at radius 3 is 2.45 bits per heavy atom. The highest BCUT2D eigenvalue weighted by atomic mass is 32.2. The third-order valence-corrected chi connectivity index (χ3v) is 6.77. The quantitative estimate of drug-likeness (QED) is 0.156. The van der Waals surface area contributed by atoms with Crippen molar-refractivity contribution in [3.63, 3.8) is 0 Å². The van der Waals surface area contributed by atoms with E-state index in [4.69, 9.17) is 14.9 Å². The average molecular weight is 544 g/mol. The summed E-state index contributed by atoms with van der Waals surface area (Å²) in [5.41, 5.74) is 5.61. The number of nitrogens with zero attached hydrogens (tertiary/aromatic N) is 2. The maximum Gasteiger partial charge on any atom is 0.490 e. The molecule has 0 amide bonds. The van der Waals surface area contributed by atoms with Gasteiger partial charge < -0.3 is 10.4 Å². The Kier molecular flexibility index (Phi) is 10.6. The number of benzene rings is 2. The van der Waals surface area contributed by atoms with Crippen LogP contribution in [0.5, 0.6) is 0 Å². The van der Waals surface area contributed by atoms with E-state index in [0.717, 1.165) is 29.3 Å². The third-order valence-electron chi connectivity index (χ3n) is 5.69. The van der Waals surface area contributed by atoms with Gasteiger partial charge in [-0.05, 0) is 48.4 Å². The summed E-state index contributed by atoms with van der Waals surface area (Å²) < 4.78 is 33.9. The van der Waals surface area contributed by atoms with Gasteiger partial charge in [0.25, 0.3) is 0 Å². The molecule has 0 spiro atoms. The normalized spacial score (nSPS) is 11.2. The van der Waals surface area contributed by atoms with Crippen LogP contribution in [0, 0.1) is 6.92 Å². The Labute approximate surface area is 225 Å². The summed E-state index contributed by atoms with van der Waals surface area (Å²) in [5.74, 6) is -0.535. The minimum atomic E-state index is -5.08. The number of halogens is 3. The Hall–Kier alpha value is -3.46. The van der Waals surface area contributed by atoms with Gasteiger partial charge in [0.2, 0.25) is 0 Å². The van der Waals surface area contributed by atoms with Gasteiger partial charge in [-0.3, -0.25) is 4.40 Å². The lowest BCUT2D eigenvalue weighted by molar-refractivity contribution is -0.192. The molecule has 0 saturated carbocycles. The maximum atomic E-state index is 10.6. The second kappa shape index (κ2) is 13.9. The molecule has 38 heavy (non-hydrogen) atoms. The predicted molar refractivity (Wildman–Crippen MR) is 148 cm³/mol. The van der Waals surface area contributed by atoms with Gasteiger partial charge in [-0.1, -0.05) is 74.7 Å². The topological polar surface area (TPSA) is 66.6 Å². The Morgan fingerprint density at radius 1 is 1.03 bits per heavy atom. The fourth-order valence-corrected chi connectivity index (χ4v) is 4.72. The molecule has 2 heterocycles. The smallest absolute Gasteiger partial charge is 0.475 e. The van der Waals surface area contributed by atoms with Crippen LogP contribution in [0.3, 0.4) is 0 Å². The first-order valence-corrected chi connectivity index (χ1v) is 13.5. The number of hydrogen-bond acceptors (Lipinski definition) is 4. The molecule has 0 saturated heterocycles. The van der Waals surface area contributed by atoms with Crippen molar-refractivity contribution in [2.45, 2.75) is 57.1 Å². The number of rotatable bonds is 10. The number of unbranched alkanes of at least 4 members (excludes halogenated alkanes) is 3. The first kappa shape index (κ1) is 29.1. The van der Waals surface area contributed by atoms with Crippen LogP contribution < -0.4 is 5.32 Å². The highest BCUT2D eigenvalue weighted by Crippen LogP contribution is 2.32. The van der Waals surface area contributed by atoms with E-state index < -0.39 is 12.1 Å². The van der Waals surface area contributed by atoms with Crippen molar-refractivity contribution in [2.75, 3.05) is 11.1 Å². The van der Waals surface area contributed by atoms with Crippen LogP contribution in [0.1, 0.15) is 43.7 Å². The molecule has 0 radical (unpaired) electrons. The monoisotopic (exact) mass is 543 g/mol. The molecule has 9 heteroatoms. The van der Waals surface area contributed by atoms with Gasteiger partial charge in [-0.2, -0.15) is 13.2 Å². The number of fused-ring (bicyclic) bond motifs is 1. The summed E-state index contributed by atoms with van der Waals surface area (Å²) in [7, 11) is 0. The first-order chi connectivity index (χ1) is 18.2. The van der Waals surface area contributed by atoms with Crippen LogP contribution in [-0.2, 0) is 11.3 Å². The second-order valence-electron chi connectivity index (χ2n) is 8.82. The summed E-state index contributed by atoms with van der Waals surface area (Å²) in [6.45, 7) is 5.15. The molecule has 2 aromatic carbocycles. The number of carboxylic acid groups (broad SMARTS) is 1. The first-order valence-electron chi connectivity index (χ1n) is 12.5. The summed E-state index contributed by atoms with van der Waals surface area (Å²) in [4.78, 5) is 15.2. The summed E-state index contributed by atoms with van der Waals surface area (Å²) in [6, 6.07) is 23.6. The summed E-state index contributed by atoms with van der Waals surface area (Å²) in [6.07, 6.45) is 2.29. The van der Waals surface area contributed by atoms with E-state index in [0.29, 0.717) is 0 Å². The van der Waals surface area contributed by atoms with Gasteiger partial charge in [-0.15, -0.1) is 11.8 Å². The molecule has 0 aliphatic heterocycles. The van der Waals surface area contributed by atoms with Gasteiger partial charge in [0.05, 0.1) is 0 Å². The van der Waals surface area contributed by atoms with E-state index in [9.17, 15) is 13.2 Å². The third kappa shape index (κ3) is 8.55. The van der Waals surface area contributed by atoms with E-state index in [1.807, 2.05) is 11.8 Å². The van der Waals surface area contributed by atoms with Crippen LogP contribution >= 0.6 is 11.8 Å². The number of alkyl halides is 3. The minimum absolute atomic E-state index is 0.765. The van der Waals surface area contributed by atoms with Crippen LogP contribution in [0.15, 0.2) is 77.8 Å². The zero-order valence-electron chi connectivity index (χ0n) is 21.5. The summed E-state index contributed by atoms with van der Waals surface area (Å²) in [5, 5.41) is 10.8. The number of carbonyl (C=O) groups is 1. The van der Waals surface area contributed by atoms with Crippen LogP contribution in [-0.4, -0.2) is 32.4 Å². The van der Waals surface area contributed by atoms with Crippen molar-refractivity contribution in [1.82, 2.24) is 9.38 Å². The molecule has 0 aliphatic rings. The number of thioether (sulfide) groups is 1. The van der Waals surface area contributed by atoms with Gasteiger partial charge >= 0.3 is 12.1 Å². The number of hydrogen-bond donors (Lipinski definition) is 2.